The molecule has 4 aromatic rings. The monoisotopic (exact) mass is 501 g/mol. The van der Waals surface area contributed by atoms with Crippen molar-refractivity contribution in [2.45, 2.75) is 24.1 Å². The first kappa shape index (κ1) is 23.4. The van der Waals surface area contributed by atoms with Crippen LogP contribution in [0.3, 0.4) is 0 Å². The highest BCUT2D eigenvalue weighted by Gasteiger charge is 2.32. The molecule has 0 spiro atoms. The minimum Gasteiger partial charge on any atom is -0.461 e. The van der Waals surface area contributed by atoms with Gasteiger partial charge in [0, 0.05) is 11.9 Å². The molecule has 0 aliphatic rings. The molecule has 4 rings (SSSR count). The molecule has 0 N–H and O–H groups in total. The molecule has 0 aliphatic heterocycles. The van der Waals surface area contributed by atoms with E-state index in [9.17, 15) is 13.2 Å². The summed E-state index contributed by atoms with van der Waals surface area (Å²) in [6, 6.07) is 21.1. The van der Waals surface area contributed by atoms with E-state index >= 15 is 0 Å². The molecule has 0 amide bonds. The van der Waals surface area contributed by atoms with Crippen molar-refractivity contribution in [2.75, 3.05) is 6.61 Å². The zero-order chi connectivity index (χ0) is 23.6. The SMILES string of the molecule is CCOC(=O)c1c(S(=O)(=O)Cc2ccccc2)c2ccccc2n1Cc1ccc(Cl)c(Cl)c1. The van der Waals surface area contributed by atoms with Crippen LogP contribution in [0.1, 0.15) is 28.5 Å². The van der Waals surface area contributed by atoms with Crippen LogP contribution in [0.15, 0.2) is 77.7 Å². The summed E-state index contributed by atoms with van der Waals surface area (Å²) >= 11 is 12.2. The number of benzene rings is 3. The Hall–Kier alpha value is -2.80. The topological polar surface area (TPSA) is 65.4 Å². The molecule has 1 aromatic heterocycles. The summed E-state index contributed by atoms with van der Waals surface area (Å²) in [5.41, 5.74) is 2.01. The lowest BCUT2D eigenvalue weighted by Crippen LogP contribution is -2.17. The van der Waals surface area contributed by atoms with Gasteiger partial charge in [0.15, 0.2) is 9.84 Å². The molecule has 0 saturated heterocycles. The standard InChI is InChI=1S/C25H21Cl2NO4S/c1-2-32-25(29)23-24(33(30,31)16-17-8-4-3-5-9-17)19-10-6-7-11-22(19)28(23)15-18-12-13-20(26)21(27)14-18/h3-14H,2,15-16H2,1H3. The largest absolute Gasteiger partial charge is 0.461 e. The van der Waals surface area contributed by atoms with Gasteiger partial charge in [0.05, 0.1) is 27.9 Å². The minimum absolute atomic E-state index is 0.0000496. The molecular weight excluding hydrogens is 481 g/mol. The number of carbonyl (C=O) groups is 1. The fourth-order valence-corrected chi connectivity index (χ4v) is 5.93. The van der Waals surface area contributed by atoms with Gasteiger partial charge in [-0.3, -0.25) is 0 Å². The molecule has 3 aromatic carbocycles. The molecule has 0 saturated carbocycles. The highest BCUT2D eigenvalue weighted by Crippen LogP contribution is 2.34. The summed E-state index contributed by atoms with van der Waals surface area (Å²) in [4.78, 5) is 13.1. The van der Waals surface area contributed by atoms with Crippen molar-refractivity contribution < 1.29 is 17.9 Å². The van der Waals surface area contributed by atoms with Gasteiger partial charge in [-0.05, 0) is 36.2 Å². The van der Waals surface area contributed by atoms with Crippen LogP contribution in [-0.2, 0) is 26.9 Å². The fourth-order valence-electron chi connectivity index (χ4n) is 3.84. The molecule has 1 heterocycles. The van der Waals surface area contributed by atoms with Gasteiger partial charge < -0.3 is 9.30 Å². The Morgan fingerprint density at radius 2 is 1.61 bits per heavy atom. The maximum Gasteiger partial charge on any atom is 0.356 e. The number of para-hydroxylation sites is 1. The van der Waals surface area contributed by atoms with E-state index in [4.69, 9.17) is 27.9 Å². The number of aromatic nitrogens is 1. The lowest BCUT2D eigenvalue weighted by atomic mass is 10.2. The molecule has 170 valence electrons. The molecule has 5 nitrogen and oxygen atoms in total. The first-order valence-electron chi connectivity index (χ1n) is 10.3. The van der Waals surface area contributed by atoms with Crippen LogP contribution in [-0.4, -0.2) is 25.6 Å². The lowest BCUT2D eigenvalue weighted by molar-refractivity contribution is 0.0510. The van der Waals surface area contributed by atoms with E-state index in [0.29, 0.717) is 26.5 Å². The predicted octanol–water partition coefficient (Wildman–Crippen LogP) is 6.15. The predicted molar refractivity (Wildman–Crippen MR) is 131 cm³/mol. The first-order chi connectivity index (χ1) is 15.8. The van der Waals surface area contributed by atoms with Gasteiger partial charge in [-0.2, -0.15) is 0 Å². The molecule has 0 radical (unpaired) electrons. The number of sulfone groups is 1. The Morgan fingerprint density at radius 1 is 0.909 bits per heavy atom. The van der Waals surface area contributed by atoms with Crippen molar-refractivity contribution >= 4 is 49.9 Å². The zero-order valence-corrected chi connectivity index (χ0v) is 20.1. The molecule has 0 aliphatic carbocycles. The number of hydrogen-bond donors (Lipinski definition) is 0. The Morgan fingerprint density at radius 3 is 2.30 bits per heavy atom. The van der Waals surface area contributed by atoms with Gasteiger partial charge in [-0.1, -0.05) is 77.8 Å². The van der Waals surface area contributed by atoms with Crippen molar-refractivity contribution in [3.05, 3.63) is 99.7 Å². The normalized spacial score (nSPS) is 11.6. The number of fused-ring (bicyclic) bond motifs is 1. The maximum atomic E-state index is 13.6. The average Bonchev–Trinajstić information content (AvgIpc) is 3.12. The van der Waals surface area contributed by atoms with E-state index in [1.165, 1.54) is 0 Å². The van der Waals surface area contributed by atoms with Gasteiger partial charge in [0.25, 0.3) is 0 Å². The van der Waals surface area contributed by atoms with Gasteiger partial charge in [0.2, 0.25) is 0 Å². The number of hydrogen-bond acceptors (Lipinski definition) is 4. The van der Waals surface area contributed by atoms with Crippen molar-refractivity contribution in [2.24, 2.45) is 0 Å². The van der Waals surface area contributed by atoms with Crippen molar-refractivity contribution in [3.63, 3.8) is 0 Å². The third-order valence-corrected chi connectivity index (χ3v) is 7.72. The highest BCUT2D eigenvalue weighted by molar-refractivity contribution is 7.91. The van der Waals surface area contributed by atoms with E-state index < -0.39 is 15.8 Å². The van der Waals surface area contributed by atoms with Crippen LogP contribution in [0, 0.1) is 0 Å². The second-order valence-corrected chi connectivity index (χ2v) is 10.2. The summed E-state index contributed by atoms with van der Waals surface area (Å²) in [6.07, 6.45) is 0. The van der Waals surface area contributed by atoms with E-state index in [0.717, 1.165) is 5.56 Å². The second-order valence-electron chi connectivity index (χ2n) is 7.49. The van der Waals surface area contributed by atoms with Crippen LogP contribution in [0.4, 0.5) is 0 Å². The van der Waals surface area contributed by atoms with E-state index in [1.54, 1.807) is 78.2 Å². The number of ether oxygens (including phenoxy) is 1. The molecule has 0 fully saturated rings. The number of esters is 1. The molecular formula is C25H21Cl2NO4S. The summed E-state index contributed by atoms with van der Waals surface area (Å²) < 4.78 is 34.3. The smallest absolute Gasteiger partial charge is 0.356 e. The summed E-state index contributed by atoms with van der Waals surface area (Å²) in [5, 5.41) is 1.26. The minimum atomic E-state index is -3.89. The summed E-state index contributed by atoms with van der Waals surface area (Å²) in [5.74, 6) is -0.929. The molecule has 0 atom stereocenters. The van der Waals surface area contributed by atoms with Gasteiger partial charge >= 0.3 is 5.97 Å². The Bertz CT molecular complexity index is 1430. The fraction of sp³-hybridized carbons (Fsp3) is 0.160. The van der Waals surface area contributed by atoms with E-state index in [1.807, 2.05) is 6.07 Å². The van der Waals surface area contributed by atoms with Crippen molar-refractivity contribution in [1.29, 1.82) is 0 Å². The van der Waals surface area contributed by atoms with E-state index in [2.05, 4.69) is 0 Å². The quantitative estimate of drug-likeness (QED) is 0.285. The molecule has 0 bridgehead atoms. The number of carbonyl (C=O) groups excluding carboxylic acids is 1. The number of nitrogens with zero attached hydrogens (tertiary/aromatic N) is 1. The Labute approximate surface area is 202 Å². The van der Waals surface area contributed by atoms with Gasteiger partial charge in [-0.25, -0.2) is 13.2 Å². The lowest BCUT2D eigenvalue weighted by Gasteiger charge is -2.12. The molecule has 8 heteroatoms. The maximum absolute atomic E-state index is 13.6. The highest BCUT2D eigenvalue weighted by atomic mass is 35.5. The van der Waals surface area contributed by atoms with Crippen molar-refractivity contribution in [1.82, 2.24) is 4.57 Å². The van der Waals surface area contributed by atoms with Crippen LogP contribution >= 0.6 is 23.2 Å². The summed E-state index contributed by atoms with van der Waals surface area (Å²) in [6.45, 7) is 2.01. The van der Waals surface area contributed by atoms with Gasteiger partial charge in [-0.15, -0.1) is 0 Å². The van der Waals surface area contributed by atoms with Gasteiger partial charge in [0.1, 0.15) is 10.6 Å². The number of rotatable bonds is 7. The average molecular weight is 502 g/mol. The van der Waals surface area contributed by atoms with Crippen molar-refractivity contribution in [3.8, 4) is 0 Å². The summed E-state index contributed by atoms with van der Waals surface area (Å²) in [7, 11) is -3.89. The van der Waals surface area contributed by atoms with Crippen LogP contribution in [0.2, 0.25) is 10.0 Å². The zero-order valence-electron chi connectivity index (χ0n) is 17.8. The Balaban J connectivity index is 1.95. The van der Waals surface area contributed by atoms with E-state index in [-0.39, 0.29) is 29.5 Å². The van der Waals surface area contributed by atoms with Crippen LogP contribution in [0.25, 0.3) is 10.9 Å². The van der Waals surface area contributed by atoms with Crippen LogP contribution in [0.5, 0.6) is 0 Å². The second kappa shape index (κ2) is 9.59. The third kappa shape index (κ3) is 4.78. The molecule has 33 heavy (non-hydrogen) atoms. The third-order valence-electron chi connectivity index (χ3n) is 5.23. The van der Waals surface area contributed by atoms with Crippen LogP contribution < -0.4 is 0 Å². The Kier molecular flexibility index (Phi) is 6.79. The first-order valence-corrected chi connectivity index (χ1v) is 12.7. The molecule has 0 unspecified atom stereocenters. The number of halogens is 2.